The maximum Gasteiger partial charge on any atom is 0.270 e. The summed E-state index contributed by atoms with van der Waals surface area (Å²) in [5.41, 5.74) is 2.77. The molecule has 1 saturated heterocycles. The van der Waals surface area contributed by atoms with Crippen molar-refractivity contribution in [3.63, 3.8) is 0 Å². The standard InChI is InChI=1S/C20H25Cl2N3O/c1-15-5-8-19(23(15)2)20(26)25(12-11-24-9-3-4-10-24)14-16-6-7-17(21)18(22)13-16/h5-8,13H,3-4,9-12,14H2,1-2H3. The minimum atomic E-state index is 0.0471. The second-order valence-electron chi connectivity index (χ2n) is 6.94. The summed E-state index contributed by atoms with van der Waals surface area (Å²) in [4.78, 5) is 17.5. The van der Waals surface area contributed by atoms with Gasteiger partial charge < -0.3 is 14.4 Å². The number of halogens is 2. The molecule has 0 spiro atoms. The predicted molar refractivity (Wildman–Crippen MR) is 107 cm³/mol. The van der Waals surface area contributed by atoms with Crippen LogP contribution in [0.5, 0.6) is 0 Å². The third kappa shape index (κ3) is 4.43. The Kier molecular flexibility index (Phi) is 6.28. The third-order valence-electron chi connectivity index (χ3n) is 5.12. The fourth-order valence-electron chi connectivity index (χ4n) is 3.37. The van der Waals surface area contributed by atoms with E-state index < -0.39 is 0 Å². The SMILES string of the molecule is Cc1ccc(C(=O)N(CCN2CCCC2)Cc2ccc(Cl)c(Cl)c2)n1C. The van der Waals surface area contributed by atoms with Crippen LogP contribution in [0.4, 0.5) is 0 Å². The molecule has 0 atom stereocenters. The van der Waals surface area contributed by atoms with E-state index in [0.29, 0.717) is 28.8 Å². The molecule has 2 heterocycles. The molecule has 1 fully saturated rings. The largest absolute Gasteiger partial charge is 0.344 e. The minimum absolute atomic E-state index is 0.0471. The van der Waals surface area contributed by atoms with Gasteiger partial charge in [-0.25, -0.2) is 0 Å². The van der Waals surface area contributed by atoms with Crippen molar-refractivity contribution in [1.82, 2.24) is 14.4 Å². The Morgan fingerprint density at radius 1 is 1.12 bits per heavy atom. The molecule has 26 heavy (non-hydrogen) atoms. The van der Waals surface area contributed by atoms with E-state index in [0.717, 1.165) is 30.9 Å². The lowest BCUT2D eigenvalue weighted by Gasteiger charge is -2.26. The highest BCUT2D eigenvalue weighted by Crippen LogP contribution is 2.24. The summed E-state index contributed by atoms with van der Waals surface area (Å²) in [6.45, 7) is 6.37. The molecule has 4 nitrogen and oxygen atoms in total. The van der Waals surface area contributed by atoms with Gasteiger partial charge >= 0.3 is 0 Å². The molecule has 0 N–H and O–H groups in total. The van der Waals surface area contributed by atoms with Crippen molar-refractivity contribution in [2.45, 2.75) is 26.3 Å². The Morgan fingerprint density at radius 3 is 2.46 bits per heavy atom. The number of likely N-dealkylation sites (tertiary alicyclic amines) is 1. The van der Waals surface area contributed by atoms with Crippen LogP contribution >= 0.6 is 23.2 Å². The Morgan fingerprint density at radius 2 is 1.85 bits per heavy atom. The van der Waals surface area contributed by atoms with Gasteiger partial charge in [-0.15, -0.1) is 0 Å². The van der Waals surface area contributed by atoms with Gasteiger partial charge in [-0.2, -0.15) is 0 Å². The first-order valence-electron chi connectivity index (χ1n) is 9.03. The van der Waals surface area contributed by atoms with Crippen molar-refractivity contribution in [2.24, 2.45) is 7.05 Å². The lowest BCUT2D eigenvalue weighted by molar-refractivity contribution is 0.0717. The number of aromatic nitrogens is 1. The van der Waals surface area contributed by atoms with Gasteiger partial charge in [0.25, 0.3) is 5.91 Å². The monoisotopic (exact) mass is 393 g/mol. The van der Waals surface area contributed by atoms with Crippen LogP contribution in [0.3, 0.4) is 0 Å². The predicted octanol–water partition coefficient (Wildman–Crippen LogP) is 4.38. The molecule has 0 unspecified atom stereocenters. The fraction of sp³-hybridized carbons (Fsp3) is 0.450. The number of rotatable bonds is 6. The van der Waals surface area contributed by atoms with Crippen LogP contribution in [0, 0.1) is 6.92 Å². The van der Waals surface area contributed by atoms with E-state index >= 15 is 0 Å². The number of amides is 1. The number of nitrogens with zero attached hydrogens (tertiary/aromatic N) is 3. The maximum atomic E-state index is 13.2. The van der Waals surface area contributed by atoms with E-state index in [2.05, 4.69) is 4.90 Å². The Hall–Kier alpha value is -1.49. The highest BCUT2D eigenvalue weighted by atomic mass is 35.5. The highest BCUT2D eigenvalue weighted by molar-refractivity contribution is 6.42. The van der Waals surface area contributed by atoms with Crippen LogP contribution in [0.25, 0.3) is 0 Å². The van der Waals surface area contributed by atoms with E-state index in [4.69, 9.17) is 23.2 Å². The molecule has 2 aromatic rings. The number of carbonyl (C=O) groups is 1. The van der Waals surface area contributed by atoms with Gasteiger partial charge in [-0.05, 0) is 62.7 Å². The molecule has 0 bridgehead atoms. The molecule has 0 aliphatic carbocycles. The van der Waals surface area contributed by atoms with Crippen LogP contribution in [0.1, 0.15) is 34.6 Å². The van der Waals surface area contributed by atoms with Gasteiger partial charge in [0.15, 0.2) is 0 Å². The van der Waals surface area contributed by atoms with Gasteiger partial charge in [0, 0.05) is 32.4 Å². The second-order valence-corrected chi connectivity index (χ2v) is 7.76. The number of hydrogen-bond donors (Lipinski definition) is 0. The van der Waals surface area contributed by atoms with Crippen LogP contribution in [-0.2, 0) is 13.6 Å². The summed E-state index contributed by atoms with van der Waals surface area (Å²) in [5, 5.41) is 1.05. The zero-order valence-electron chi connectivity index (χ0n) is 15.3. The van der Waals surface area contributed by atoms with Crippen molar-refractivity contribution in [2.75, 3.05) is 26.2 Å². The summed E-state index contributed by atoms with van der Waals surface area (Å²) in [5.74, 6) is 0.0471. The first kappa shape index (κ1) is 19.3. The summed E-state index contributed by atoms with van der Waals surface area (Å²) >= 11 is 12.2. The smallest absolute Gasteiger partial charge is 0.270 e. The van der Waals surface area contributed by atoms with Gasteiger partial charge in [-0.1, -0.05) is 29.3 Å². The van der Waals surface area contributed by atoms with Gasteiger partial charge in [0.2, 0.25) is 0 Å². The molecule has 3 rings (SSSR count). The molecule has 6 heteroatoms. The number of aryl methyl sites for hydroxylation is 1. The molecule has 140 valence electrons. The summed E-state index contributed by atoms with van der Waals surface area (Å²) in [6, 6.07) is 9.44. The number of benzene rings is 1. The first-order valence-corrected chi connectivity index (χ1v) is 9.79. The molecule has 1 aliphatic rings. The van der Waals surface area contributed by atoms with Crippen molar-refractivity contribution >= 4 is 29.1 Å². The molecule has 1 aromatic heterocycles. The second kappa shape index (κ2) is 8.47. The van der Waals surface area contributed by atoms with E-state index in [-0.39, 0.29) is 5.91 Å². The van der Waals surface area contributed by atoms with Gasteiger partial charge in [0.1, 0.15) is 5.69 Å². The zero-order valence-corrected chi connectivity index (χ0v) is 16.9. The summed E-state index contributed by atoms with van der Waals surface area (Å²) in [6.07, 6.45) is 2.50. The maximum absolute atomic E-state index is 13.2. The number of hydrogen-bond acceptors (Lipinski definition) is 2. The molecular formula is C20H25Cl2N3O. The molecule has 0 radical (unpaired) electrons. The summed E-state index contributed by atoms with van der Waals surface area (Å²) < 4.78 is 1.94. The minimum Gasteiger partial charge on any atom is -0.344 e. The van der Waals surface area contributed by atoms with E-state index in [1.807, 2.05) is 47.7 Å². The Balaban J connectivity index is 1.78. The normalized spacial score (nSPS) is 14.8. The van der Waals surface area contributed by atoms with Crippen molar-refractivity contribution in [1.29, 1.82) is 0 Å². The average molecular weight is 394 g/mol. The summed E-state index contributed by atoms with van der Waals surface area (Å²) in [7, 11) is 1.93. The topological polar surface area (TPSA) is 28.5 Å². The molecule has 1 aromatic carbocycles. The van der Waals surface area contributed by atoms with Crippen molar-refractivity contribution in [3.8, 4) is 0 Å². The lowest BCUT2D eigenvalue weighted by atomic mass is 10.2. The Bertz CT molecular complexity index is 781. The van der Waals surface area contributed by atoms with Crippen LogP contribution in [-0.4, -0.2) is 46.5 Å². The van der Waals surface area contributed by atoms with E-state index in [1.54, 1.807) is 6.07 Å². The Labute approximate surface area is 165 Å². The fourth-order valence-corrected chi connectivity index (χ4v) is 3.69. The van der Waals surface area contributed by atoms with E-state index in [9.17, 15) is 4.79 Å². The number of carbonyl (C=O) groups excluding carboxylic acids is 1. The molecular weight excluding hydrogens is 369 g/mol. The average Bonchev–Trinajstić information content (AvgIpc) is 3.25. The van der Waals surface area contributed by atoms with Crippen molar-refractivity contribution < 1.29 is 4.79 Å². The zero-order chi connectivity index (χ0) is 18.7. The first-order chi connectivity index (χ1) is 12.5. The van der Waals surface area contributed by atoms with Crippen molar-refractivity contribution in [3.05, 3.63) is 57.3 Å². The van der Waals surface area contributed by atoms with Gasteiger partial charge in [-0.3, -0.25) is 4.79 Å². The van der Waals surface area contributed by atoms with E-state index in [1.165, 1.54) is 12.8 Å². The third-order valence-corrected chi connectivity index (χ3v) is 5.86. The van der Waals surface area contributed by atoms with Crippen LogP contribution in [0.2, 0.25) is 10.0 Å². The van der Waals surface area contributed by atoms with Crippen LogP contribution in [0.15, 0.2) is 30.3 Å². The molecule has 1 amide bonds. The quantitative estimate of drug-likeness (QED) is 0.728. The molecule has 0 saturated carbocycles. The molecule has 1 aliphatic heterocycles. The highest BCUT2D eigenvalue weighted by Gasteiger charge is 2.21. The van der Waals surface area contributed by atoms with Gasteiger partial charge in [0.05, 0.1) is 10.0 Å². The lowest BCUT2D eigenvalue weighted by Crippen LogP contribution is -2.38. The van der Waals surface area contributed by atoms with Crippen LogP contribution < -0.4 is 0 Å².